The van der Waals surface area contributed by atoms with Gasteiger partial charge in [0.25, 0.3) is 0 Å². The highest BCUT2D eigenvalue weighted by atomic mass is 16.5. The number of nitrogens with zero attached hydrogens (tertiary/aromatic N) is 4. The maximum Gasteiger partial charge on any atom is 0.161 e. The first-order chi connectivity index (χ1) is 11.5. The van der Waals surface area contributed by atoms with Gasteiger partial charge in [-0.05, 0) is 25.5 Å². The summed E-state index contributed by atoms with van der Waals surface area (Å²) in [5.74, 6) is 2.35. The van der Waals surface area contributed by atoms with Crippen molar-refractivity contribution >= 4 is 5.82 Å². The van der Waals surface area contributed by atoms with E-state index in [1.807, 2.05) is 19.1 Å². The summed E-state index contributed by atoms with van der Waals surface area (Å²) in [5.41, 5.74) is 2.12. The number of fused-ring (bicyclic) bond motifs is 1. The topological polar surface area (TPSA) is 51.1 Å². The maximum atomic E-state index is 5.93. The minimum Gasteiger partial charge on any atom is -0.377 e. The molecule has 2 aliphatic rings. The lowest BCUT2D eigenvalue weighted by molar-refractivity contribution is -0.101. The third-order valence-electron chi connectivity index (χ3n) is 5.60. The normalized spacial score (nSPS) is 27.4. The third kappa shape index (κ3) is 2.30. The number of pyridine rings is 1. The second kappa shape index (κ2) is 5.52. The molecule has 2 aromatic heterocycles. The van der Waals surface area contributed by atoms with Gasteiger partial charge in [-0.2, -0.15) is 0 Å². The summed E-state index contributed by atoms with van der Waals surface area (Å²) in [6.07, 6.45) is 5.08. The first-order valence-corrected chi connectivity index (χ1v) is 8.59. The number of anilines is 1. The molecule has 5 nitrogen and oxygen atoms in total. The second-order valence-electron chi connectivity index (χ2n) is 7.55. The Bertz CT molecular complexity index is 746. The van der Waals surface area contributed by atoms with Gasteiger partial charge in [-0.1, -0.05) is 13.8 Å². The van der Waals surface area contributed by atoms with Crippen LogP contribution in [-0.2, 0) is 4.74 Å². The summed E-state index contributed by atoms with van der Waals surface area (Å²) in [6.45, 7) is 7.52. The fourth-order valence-electron chi connectivity index (χ4n) is 4.59. The van der Waals surface area contributed by atoms with Gasteiger partial charge in [0.05, 0.1) is 6.10 Å². The maximum absolute atomic E-state index is 5.93. The van der Waals surface area contributed by atoms with Crippen LogP contribution in [0.5, 0.6) is 0 Å². The van der Waals surface area contributed by atoms with Crippen molar-refractivity contribution in [2.45, 2.75) is 39.3 Å². The van der Waals surface area contributed by atoms with Gasteiger partial charge in [-0.3, -0.25) is 4.98 Å². The number of aromatic nitrogens is 3. The molecule has 0 radical (unpaired) electrons. The predicted molar refractivity (Wildman–Crippen MR) is 93.8 cm³/mol. The molecular weight excluding hydrogens is 300 g/mol. The first-order valence-electron chi connectivity index (χ1n) is 8.59. The molecule has 2 fully saturated rings. The fraction of sp³-hybridized carbons (Fsp3) is 0.526. The van der Waals surface area contributed by atoms with E-state index in [9.17, 15) is 0 Å². The molecule has 0 spiro atoms. The standard InChI is InChI=1S/C19H24N4O/c1-12-11-15(22-18(21-12)13-5-8-20-9-6-13)23(4)16-14-7-10-24-17(14)19(16,2)3/h5-6,8-9,11,14,16-17H,7,10H2,1-4H3. The predicted octanol–water partition coefficient (Wildman–Crippen LogP) is 3.10. The quantitative estimate of drug-likeness (QED) is 0.868. The van der Waals surface area contributed by atoms with Crippen LogP contribution >= 0.6 is 0 Å². The number of hydrogen-bond donors (Lipinski definition) is 0. The fourth-order valence-corrected chi connectivity index (χ4v) is 4.59. The molecule has 0 N–H and O–H groups in total. The Labute approximate surface area is 143 Å². The Morgan fingerprint density at radius 2 is 1.96 bits per heavy atom. The Morgan fingerprint density at radius 1 is 1.21 bits per heavy atom. The molecule has 1 aliphatic carbocycles. The lowest BCUT2D eigenvalue weighted by atomic mass is 9.57. The second-order valence-corrected chi connectivity index (χ2v) is 7.55. The molecular formula is C19H24N4O. The zero-order chi connectivity index (χ0) is 16.9. The van der Waals surface area contributed by atoms with Crippen LogP contribution < -0.4 is 4.90 Å². The number of rotatable bonds is 3. The monoisotopic (exact) mass is 324 g/mol. The zero-order valence-electron chi connectivity index (χ0n) is 14.7. The van der Waals surface area contributed by atoms with Crippen LogP contribution in [-0.4, -0.2) is 40.8 Å². The molecule has 4 rings (SSSR count). The molecule has 24 heavy (non-hydrogen) atoms. The molecule has 1 aliphatic heterocycles. The number of ether oxygens (including phenoxy) is 1. The van der Waals surface area contributed by atoms with Crippen LogP contribution in [0.3, 0.4) is 0 Å². The van der Waals surface area contributed by atoms with Gasteiger partial charge in [0.1, 0.15) is 5.82 Å². The third-order valence-corrected chi connectivity index (χ3v) is 5.60. The zero-order valence-corrected chi connectivity index (χ0v) is 14.7. The molecule has 3 atom stereocenters. The summed E-state index contributed by atoms with van der Waals surface area (Å²) >= 11 is 0. The highest BCUT2D eigenvalue weighted by molar-refractivity contribution is 5.57. The molecule has 0 amide bonds. The van der Waals surface area contributed by atoms with E-state index < -0.39 is 0 Å². The van der Waals surface area contributed by atoms with Crippen LogP contribution in [0.15, 0.2) is 30.6 Å². The van der Waals surface area contributed by atoms with Crippen molar-refractivity contribution in [3.8, 4) is 11.4 Å². The van der Waals surface area contributed by atoms with E-state index in [0.29, 0.717) is 18.1 Å². The Morgan fingerprint density at radius 3 is 2.71 bits per heavy atom. The van der Waals surface area contributed by atoms with Crippen molar-refractivity contribution in [3.05, 3.63) is 36.3 Å². The van der Waals surface area contributed by atoms with E-state index >= 15 is 0 Å². The van der Waals surface area contributed by atoms with E-state index in [1.54, 1.807) is 12.4 Å². The summed E-state index contributed by atoms with van der Waals surface area (Å²) in [4.78, 5) is 15.8. The SMILES string of the molecule is Cc1cc(N(C)C2C3CCOC3C2(C)C)nc(-c2ccncc2)n1. The Hall–Kier alpha value is -2.01. The van der Waals surface area contributed by atoms with E-state index in [4.69, 9.17) is 9.72 Å². The molecule has 3 unspecified atom stereocenters. The van der Waals surface area contributed by atoms with Gasteiger partial charge in [0.15, 0.2) is 5.82 Å². The van der Waals surface area contributed by atoms with Crippen LogP contribution in [0.2, 0.25) is 0 Å². The van der Waals surface area contributed by atoms with Crippen LogP contribution in [0.4, 0.5) is 5.82 Å². The van der Waals surface area contributed by atoms with Crippen molar-refractivity contribution in [3.63, 3.8) is 0 Å². The largest absolute Gasteiger partial charge is 0.377 e. The minimum atomic E-state index is 0.144. The van der Waals surface area contributed by atoms with Gasteiger partial charge in [0.2, 0.25) is 0 Å². The highest BCUT2D eigenvalue weighted by Gasteiger charge is 2.61. The van der Waals surface area contributed by atoms with Gasteiger partial charge < -0.3 is 9.64 Å². The smallest absolute Gasteiger partial charge is 0.161 e. The molecule has 3 heterocycles. The molecule has 126 valence electrons. The van der Waals surface area contributed by atoms with E-state index in [1.165, 1.54) is 0 Å². The molecule has 0 aromatic carbocycles. The van der Waals surface area contributed by atoms with Crippen LogP contribution in [0, 0.1) is 18.3 Å². The first kappa shape index (κ1) is 15.5. The van der Waals surface area contributed by atoms with Crippen molar-refractivity contribution in [1.29, 1.82) is 0 Å². The summed E-state index contributed by atoms with van der Waals surface area (Å²) in [7, 11) is 2.15. The van der Waals surface area contributed by atoms with Gasteiger partial charge >= 0.3 is 0 Å². The van der Waals surface area contributed by atoms with E-state index in [-0.39, 0.29) is 5.41 Å². The van der Waals surface area contributed by atoms with Crippen molar-refractivity contribution in [1.82, 2.24) is 15.0 Å². The number of aryl methyl sites for hydroxylation is 1. The van der Waals surface area contributed by atoms with Crippen molar-refractivity contribution < 1.29 is 4.74 Å². The highest BCUT2D eigenvalue weighted by Crippen LogP contribution is 2.54. The molecule has 1 saturated heterocycles. The summed E-state index contributed by atoms with van der Waals surface area (Å²) < 4.78 is 5.93. The average molecular weight is 324 g/mol. The minimum absolute atomic E-state index is 0.144. The lowest BCUT2D eigenvalue weighted by Crippen LogP contribution is -2.66. The van der Waals surface area contributed by atoms with E-state index in [0.717, 1.165) is 35.9 Å². The molecule has 2 aromatic rings. The molecule has 1 saturated carbocycles. The number of hydrogen-bond acceptors (Lipinski definition) is 5. The van der Waals surface area contributed by atoms with Crippen molar-refractivity contribution in [2.75, 3.05) is 18.6 Å². The van der Waals surface area contributed by atoms with E-state index in [2.05, 4.69) is 41.8 Å². The molecule has 5 heteroatoms. The van der Waals surface area contributed by atoms with Gasteiger partial charge in [-0.15, -0.1) is 0 Å². The van der Waals surface area contributed by atoms with Crippen LogP contribution in [0.25, 0.3) is 11.4 Å². The van der Waals surface area contributed by atoms with Gasteiger partial charge in [-0.25, -0.2) is 9.97 Å². The van der Waals surface area contributed by atoms with Crippen LogP contribution in [0.1, 0.15) is 26.0 Å². The Balaban J connectivity index is 1.68. The van der Waals surface area contributed by atoms with Gasteiger partial charge in [0, 0.05) is 60.7 Å². The Kier molecular flexibility index (Phi) is 3.57. The average Bonchev–Trinajstić information content (AvgIpc) is 3.01. The summed E-state index contributed by atoms with van der Waals surface area (Å²) in [6, 6.07) is 6.42. The summed E-state index contributed by atoms with van der Waals surface area (Å²) in [5, 5.41) is 0. The lowest BCUT2D eigenvalue weighted by Gasteiger charge is -2.58. The molecule has 0 bridgehead atoms. The van der Waals surface area contributed by atoms with Crippen molar-refractivity contribution in [2.24, 2.45) is 11.3 Å².